The lowest BCUT2D eigenvalue weighted by molar-refractivity contribution is -0.184. The summed E-state index contributed by atoms with van der Waals surface area (Å²) in [5.41, 5.74) is 5.25. The minimum Gasteiger partial charge on any atom is -0.333 e. The van der Waals surface area contributed by atoms with Gasteiger partial charge in [-0.3, -0.25) is 4.79 Å². The number of likely N-dealkylation sites (tertiary alicyclic amines) is 1. The molecule has 0 aliphatic carbocycles. The highest BCUT2D eigenvalue weighted by molar-refractivity contribution is 5.82. The molecular weight excluding hydrogens is 264 g/mol. The van der Waals surface area contributed by atoms with Gasteiger partial charge in [-0.1, -0.05) is 12.1 Å². The van der Waals surface area contributed by atoms with Crippen molar-refractivity contribution in [3.8, 4) is 0 Å². The fraction of sp³-hybridized carbons (Fsp3) is 0.417. The van der Waals surface area contributed by atoms with Gasteiger partial charge in [-0.15, -0.1) is 0 Å². The maximum atomic E-state index is 13.1. The summed E-state index contributed by atoms with van der Waals surface area (Å²) in [5.74, 6) is -2.42. The lowest BCUT2D eigenvalue weighted by Crippen LogP contribution is -2.44. The number of nitrogens with two attached hydrogens (primary N) is 1. The van der Waals surface area contributed by atoms with Crippen molar-refractivity contribution in [2.45, 2.75) is 18.1 Å². The quantitative estimate of drug-likeness (QED) is 0.795. The molecule has 1 aromatic rings. The zero-order valence-electron chi connectivity index (χ0n) is 9.88. The van der Waals surface area contributed by atoms with Gasteiger partial charge in [0, 0.05) is 13.1 Å². The zero-order chi connectivity index (χ0) is 14.3. The minimum atomic E-state index is -4.91. The Hall–Kier alpha value is -1.63. The molecule has 1 aliphatic rings. The first-order valence-corrected chi connectivity index (χ1v) is 5.63. The number of alkyl halides is 3. The van der Waals surface area contributed by atoms with Crippen LogP contribution in [0.2, 0.25) is 0 Å². The van der Waals surface area contributed by atoms with Crippen LogP contribution in [0.1, 0.15) is 12.0 Å². The molecule has 0 spiro atoms. The Labute approximate surface area is 107 Å². The second kappa shape index (κ2) is 4.48. The van der Waals surface area contributed by atoms with E-state index in [-0.39, 0.29) is 19.5 Å². The Morgan fingerprint density at radius 1 is 1.37 bits per heavy atom. The number of rotatable bonds is 1. The Kier molecular flexibility index (Phi) is 3.25. The monoisotopic (exact) mass is 276 g/mol. The number of nitrogens with zero attached hydrogens (tertiary/aromatic N) is 1. The summed E-state index contributed by atoms with van der Waals surface area (Å²) < 4.78 is 50.1. The van der Waals surface area contributed by atoms with Crippen molar-refractivity contribution in [2.75, 3.05) is 13.1 Å². The molecule has 1 saturated heterocycles. The molecule has 19 heavy (non-hydrogen) atoms. The fourth-order valence-electron chi connectivity index (χ4n) is 2.22. The van der Waals surface area contributed by atoms with Gasteiger partial charge in [0.15, 0.2) is 0 Å². The molecule has 0 radical (unpaired) electrons. The lowest BCUT2D eigenvalue weighted by Gasteiger charge is -2.25. The highest BCUT2D eigenvalue weighted by atomic mass is 19.4. The molecule has 7 heteroatoms. The van der Waals surface area contributed by atoms with Crippen molar-refractivity contribution in [3.63, 3.8) is 0 Å². The van der Waals surface area contributed by atoms with E-state index in [1.54, 1.807) is 6.07 Å². The van der Waals surface area contributed by atoms with Gasteiger partial charge in [-0.05, 0) is 24.1 Å². The molecular formula is C12H12F4N2O. The summed E-state index contributed by atoms with van der Waals surface area (Å²) in [6.45, 7) is -0.361. The van der Waals surface area contributed by atoms with Crippen LogP contribution < -0.4 is 5.73 Å². The van der Waals surface area contributed by atoms with Gasteiger partial charge < -0.3 is 10.6 Å². The molecule has 2 rings (SSSR count). The van der Waals surface area contributed by atoms with Crippen molar-refractivity contribution in [3.05, 3.63) is 35.6 Å². The van der Waals surface area contributed by atoms with Crippen molar-refractivity contribution in [2.24, 2.45) is 5.73 Å². The van der Waals surface area contributed by atoms with Gasteiger partial charge in [-0.2, -0.15) is 13.2 Å². The highest BCUT2D eigenvalue weighted by Crippen LogP contribution is 2.32. The molecule has 1 fully saturated rings. The van der Waals surface area contributed by atoms with Crippen LogP contribution in [-0.4, -0.2) is 30.1 Å². The van der Waals surface area contributed by atoms with Crippen LogP contribution in [0.15, 0.2) is 24.3 Å². The summed E-state index contributed by atoms with van der Waals surface area (Å²) in [6.07, 6.45) is -4.74. The van der Waals surface area contributed by atoms with Crippen LogP contribution in [0.3, 0.4) is 0 Å². The summed E-state index contributed by atoms with van der Waals surface area (Å²) in [6, 6.07) is 5.39. The van der Waals surface area contributed by atoms with Gasteiger partial charge in [-0.25, -0.2) is 4.39 Å². The summed E-state index contributed by atoms with van der Waals surface area (Å²) in [7, 11) is 0. The second-order valence-electron chi connectivity index (χ2n) is 4.64. The molecule has 1 unspecified atom stereocenters. The van der Waals surface area contributed by atoms with Crippen molar-refractivity contribution in [1.82, 2.24) is 4.90 Å². The van der Waals surface area contributed by atoms with Crippen molar-refractivity contribution >= 4 is 5.91 Å². The first-order chi connectivity index (χ1) is 8.72. The summed E-state index contributed by atoms with van der Waals surface area (Å²) in [5, 5.41) is 0. The Bertz CT molecular complexity index is 503. The third kappa shape index (κ3) is 2.70. The van der Waals surface area contributed by atoms with Crippen LogP contribution >= 0.6 is 0 Å². The molecule has 1 heterocycles. The van der Waals surface area contributed by atoms with E-state index in [1.807, 2.05) is 0 Å². The molecule has 1 aromatic carbocycles. The van der Waals surface area contributed by atoms with Crippen LogP contribution in [0.4, 0.5) is 17.6 Å². The number of carbonyl (C=O) groups excluding carboxylic acids is 1. The van der Waals surface area contributed by atoms with E-state index in [0.717, 1.165) is 0 Å². The molecule has 2 N–H and O–H groups in total. The third-order valence-corrected chi connectivity index (χ3v) is 3.23. The second-order valence-corrected chi connectivity index (χ2v) is 4.64. The van der Waals surface area contributed by atoms with Gasteiger partial charge in [0.25, 0.3) is 0 Å². The maximum absolute atomic E-state index is 13.1. The first kappa shape index (κ1) is 13.8. The normalized spacial score (nSPS) is 23.7. The molecule has 0 bridgehead atoms. The molecule has 104 valence electrons. The van der Waals surface area contributed by atoms with Crippen LogP contribution in [-0.2, 0) is 10.3 Å². The number of hydrogen-bond donors (Lipinski definition) is 1. The largest absolute Gasteiger partial charge is 0.471 e. The zero-order valence-corrected chi connectivity index (χ0v) is 9.88. The predicted molar refractivity (Wildman–Crippen MR) is 59.5 cm³/mol. The standard InChI is InChI=1S/C12H12F4N2O/c13-9-3-1-2-8(6-9)11(17)4-5-18(7-11)10(19)12(14,15)16/h1-3,6H,4-5,7,17H2. The van der Waals surface area contributed by atoms with E-state index >= 15 is 0 Å². The molecule has 0 aromatic heterocycles. The highest BCUT2D eigenvalue weighted by Gasteiger charge is 2.47. The summed E-state index contributed by atoms with van der Waals surface area (Å²) >= 11 is 0. The summed E-state index contributed by atoms with van der Waals surface area (Å²) in [4.78, 5) is 11.8. The van der Waals surface area contributed by atoms with Gasteiger partial charge in [0.1, 0.15) is 5.82 Å². The van der Waals surface area contributed by atoms with E-state index in [0.29, 0.717) is 10.5 Å². The van der Waals surface area contributed by atoms with Gasteiger partial charge >= 0.3 is 12.1 Å². The van der Waals surface area contributed by atoms with Gasteiger partial charge in [0.2, 0.25) is 0 Å². The van der Waals surface area contributed by atoms with E-state index in [9.17, 15) is 22.4 Å². The Morgan fingerprint density at radius 2 is 2.05 bits per heavy atom. The first-order valence-electron chi connectivity index (χ1n) is 5.63. The Balaban J connectivity index is 2.19. The lowest BCUT2D eigenvalue weighted by atomic mass is 9.90. The third-order valence-electron chi connectivity index (χ3n) is 3.23. The van der Waals surface area contributed by atoms with Crippen molar-refractivity contribution < 1.29 is 22.4 Å². The van der Waals surface area contributed by atoms with E-state index in [1.165, 1.54) is 18.2 Å². The smallest absolute Gasteiger partial charge is 0.333 e. The number of amides is 1. The average molecular weight is 276 g/mol. The molecule has 1 aliphatic heterocycles. The van der Waals surface area contributed by atoms with E-state index in [2.05, 4.69) is 0 Å². The van der Waals surface area contributed by atoms with E-state index < -0.39 is 23.4 Å². The number of carbonyl (C=O) groups is 1. The fourth-order valence-corrected chi connectivity index (χ4v) is 2.22. The SMILES string of the molecule is NC1(c2cccc(F)c2)CCN(C(=O)C(F)(F)F)C1. The Morgan fingerprint density at radius 3 is 2.63 bits per heavy atom. The molecule has 3 nitrogen and oxygen atoms in total. The predicted octanol–water partition coefficient (Wildman–Crippen LogP) is 1.77. The maximum Gasteiger partial charge on any atom is 0.471 e. The average Bonchev–Trinajstić information content (AvgIpc) is 2.71. The molecule has 1 atom stereocenters. The van der Waals surface area contributed by atoms with Gasteiger partial charge in [0.05, 0.1) is 5.54 Å². The van der Waals surface area contributed by atoms with Crippen LogP contribution in [0.5, 0.6) is 0 Å². The van der Waals surface area contributed by atoms with Crippen molar-refractivity contribution in [1.29, 1.82) is 0 Å². The number of hydrogen-bond acceptors (Lipinski definition) is 2. The number of benzene rings is 1. The van der Waals surface area contributed by atoms with Crippen LogP contribution in [0, 0.1) is 5.82 Å². The molecule has 0 saturated carbocycles. The minimum absolute atomic E-state index is 0.0919. The van der Waals surface area contributed by atoms with Crippen LogP contribution in [0.25, 0.3) is 0 Å². The number of halogens is 4. The molecule has 1 amide bonds. The topological polar surface area (TPSA) is 46.3 Å². The van der Waals surface area contributed by atoms with E-state index in [4.69, 9.17) is 5.73 Å².